The largest absolute Gasteiger partial charge is 1.00 e. The van der Waals surface area contributed by atoms with Crippen molar-refractivity contribution in [1.82, 2.24) is 0 Å². The van der Waals surface area contributed by atoms with Gasteiger partial charge in [0.25, 0.3) is 0 Å². The Morgan fingerprint density at radius 1 is 1.50 bits per heavy atom. The Labute approximate surface area is 139 Å². The molecule has 0 amide bonds. The van der Waals surface area contributed by atoms with Crippen LogP contribution in [-0.4, -0.2) is 11.8 Å². The van der Waals surface area contributed by atoms with Crippen molar-refractivity contribution in [2.75, 3.05) is 0 Å². The molecule has 0 aromatic heterocycles. The second-order valence-electron chi connectivity index (χ2n) is 4.06. The molecular weight excluding hydrogens is 231 g/mol. The molecule has 0 aromatic carbocycles. The first-order chi connectivity index (χ1) is 7.15. The van der Waals surface area contributed by atoms with Crippen LogP contribution in [0.1, 0.15) is 39.0 Å². The van der Waals surface area contributed by atoms with Gasteiger partial charge in [-0.3, -0.25) is 4.79 Å². The summed E-state index contributed by atoms with van der Waals surface area (Å²) in [5.41, 5.74) is 0. The van der Waals surface area contributed by atoms with Crippen molar-refractivity contribution in [3.8, 4) is 0 Å². The average molecular weight is 248 g/mol. The number of ketones is 1. The standard InChI is InChI=1S/C12H18O3.K/c1-2-3-4-5-10-9(8-12(14)15)6-7-11(10)13;/h3-4,9-10H,2,5-8H2,1H3,(H,14,15);/q;+1/p-1/b4-3-;/t9-,10-;/m0./s1. The summed E-state index contributed by atoms with van der Waals surface area (Å²) in [5, 5.41) is 10.5. The fraction of sp³-hybridized carbons (Fsp3) is 0.667. The minimum Gasteiger partial charge on any atom is -0.550 e. The number of carboxylic acids is 1. The van der Waals surface area contributed by atoms with E-state index in [0.29, 0.717) is 19.3 Å². The first-order valence-electron chi connectivity index (χ1n) is 5.52. The summed E-state index contributed by atoms with van der Waals surface area (Å²) >= 11 is 0. The Bertz CT molecular complexity index is 273. The van der Waals surface area contributed by atoms with Gasteiger partial charge in [-0.2, -0.15) is 0 Å². The van der Waals surface area contributed by atoms with E-state index in [9.17, 15) is 14.7 Å². The summed E-state index contributed by atoms with van der Waals surface area (Å²) < 4.78 is 0. The van der Waals surface area contributed by atoms with Crippen molar-refractivity contribution in [1.29, 1.82) is 0 Å². The second kappa shape index (κ2) is 8.58. The molecule has 0 aliphatic heterocycles. The monoisotopic (exact) mass is 248 g/mol. The summed E-state index contributed by atoms with van der Waals surface area (Å²) in [6.45, 7) is 2.03. The average Bonchev–Trinajstić information content (AvgIpc) is 2.49. The first kappa shape index (κ1) is 16.5. The molecule has 1 aliphatic carbocycles. The Morgan fingerprint density at radius 3 is 2.75 bits per heavy atom. The molecule has 1 rings (SSSR count). The Morgan fingerprint density at radius 2 is 2.19 bits per heavy atom. The van der Waals surface area contributed by atoms with Gasteiger partial charge in [0.1, 0.15) is 5.78 Å². The number of hydrogen-bond donors (Lipinski definition) is 0. The fourth-order valence-electron chi connectivity index (χ4n) is 2.17. The van der Waals surface area contributed by atoms with Gasteiger partial charge in [0.2, 0.25) is 0 Å². The topological polar surface area (TPSA) is 57.2 Å². The third kappa shape index (κ3) is 5.23. The van der Waals surface area contributed by atoms with Crippen LogP contribution < -0.4 is 56.5 Å². The number of allylic oxidation sites excluding steroid dienone is 2. The second-order valence-corrected chi connectivity index (χ2v) is 4.06. The molecule has 16 heavy (non-hydrogen) atoms. The normalized spacial score (nSPS) is 24.7. The summed E-state index contributed by atoms with van der Waals surface area (Å²) in [5.74, 6) is -0.934. The third-order valence-electron chi connectivity index (χ3n) is 2.97. The number of rotatable bonds is 5. The molecule has 0 saturated heterocycles. The molecule has 0 heterocycles. The van der Waals surface area contributed by atoms with Gasteiger partial charge in [0.05, 0.1) is 0 Å². The van der Waals surface area contributed by atoms with E-state index in [-0.39, 0.29) is 75.4 Å². The summed E-state index contributed by atoms with van der Waals surface area (Å²) in [7, 11) is 0. The van der Waals surface area contributed by atoms with Crippen molar-refractivity contribution in [2.24, 2.45) is 11.8 Å². The van der Waals surface area contributed by atoms with Crippen molar-refractivity contribution in [3.63, 3.8) is 0 Å². The quantitative estimate of drug-likeness (QED) is 0.421. The van der Waals surface area contributed by atoms with E-state index in [1.165, 1.54) is 0 Å². The molecule has 2 atom stereocenters. The van der Waals surface area contributed by atoms with E-state index in [0.717, 1.165) is 6.42 Å². The van der Waals surface area contributed by atoms with Gasteiger partial charge in [-0.1, -0.05) is 19.1 Å². The van der Waals surface area contributed by atoms with Gasteiger partial charge in [-0.25, -0.2) is 0 Å². The van der Waals surface area contributed by atoms with Crippen molar-refractivity contribution >= 4 is 11.8 Å². The van der Waals surface area contributed by atoms with Gasteiger partial charge < -0.3 is 9.90 Å². The van der Waals surface area contributed by atoms with Crippen molar-refractivity contribution < 1.29 is 66.1 Å². The van der Waals surface area contributed by atoms with Crippen LogP contribution in [-0.2, 0) is 9.59 Å². The van der Waals surface area contributed by atoms with Crippen LogP contribution in [0.3, 0.4) is 0 Å². The number of Topliss-reactive ketones (excluding diaryl/α,β-unsaturated/α-hetero) is 1. The molecule has 0 aromatic rings. The van der Waals surface area contributed by atoms with Gasteiger partial charge >= 0.3 is 51.4 Å². The smallest absolute Gasteiger partial charge is 0.550 e. The van der Waals surface area contributed by atoms with Gasteiger partial charge in [0, 0.05) is 18.3 Å². The molecule has 1 fully saturated rings. The maximum atomic E-state index is 11.5. The third-order valence-corrected chi connectivity index (χ3v) is 2.97. The zero-order chi connectivity index (χ0) is 11.3. The van der Waals surface area contributed by atoms with Crippen LogP contribution >= 0.6 is 0 Å². The van der Waals surface area contributed by atoms with Crippen LogP contribution in [0.5, 0.6) is 0 Å². The predicted molar refractivity (Wildman–Crippen MR) is 54.9 cm³/mol. The number of hydrogen-bond acceptors (Lipinski definition) is 3. The molecule has 0 N–H and O–H groups in total. The minimum atomic E-state index is -1.04. The van der Waals surface area contributed by atoms with Crippen molar-refractivity contribution in [3.05, 3.63) is 12.2 Å². The van der Waals surface area contributed by atoms with Gasteiger partial charge in [0.15, 0.2) is 0 Å². The SMILES string of the molecule is CC/C=C\C[C@@H]1C(=O)CC[C@H]1CC(=O)[O-].[K+]. The molecule has 1 aliphatic rings. The van der Waals surface area contributed by atoms with Crippen LogP contribution in [0.4, 0.5) is 0 Å². The van der Waals surface area contributed by atoms with Crippen LogP contribution in [0.25, 0.3) is 0 Å². The molecule has 4 heteroatoms. The molecule has 0 radical (unpaired) electrons. The number of carbonyl (C=O) groups is 2. The molecule has 1 saturated carbocycles. The summed E-state index contributed by atoms with van der Waals surface area (Å²) in [4.78, 5) is 22.0. The predicted octanol–water partition coefficient (Wildman–Crippen LogP) is -1.92. The molecular formula is C12H17KO3. The zero-order valence-electron chi connectivity index (χ0n) is 10.1. The Kier molecular flexibility index (Phi) is 8.86. The van der Waals surface area contributed by atoms with E-state index in [4.69, 9.17) is 0 Å². The number of carboxylic acid groups (broad SMARTS) is 1. The summed E-state index contributed by atoms with van der Waals surface area (Å²) in [6, 6.07) is 0. The first-order valence-corrected chi connectivity index (χ1v) is 5.52. The van der Waals surface area contributed by atoms with E-state index in [2.05, 4.69) is 0 Å². The molecule has 0 bridgehead atoms. The van der Waals surface area contributed by atoms with Crippen LogP contribution in [0.2, 0.25) is 0 Å². The van der Waals surface area contributed by atoms with E-state index in [1.807, 2.05) is 19.1 Å². The zero-order valence-corrected chi connectivity index (χ0v) is 13.2. The minimum absolute atomic E-state index is 0. The van der Waals surface area contributed by atoms with E-state index >= 15 is 0 Å². The van der Waals surface area contributed by atoms with Crippen LogP contribution in [0, 0.1) is 11.8 Å². The molecule has 0 unspecified atom stereocenters. The van der Waals surface area contributed by atoms with E-state index < -0.39 is 5.97 Å². The number of aliphatic carboxylic acids is 1. The maximum absolute atomic E-state index is 11.5. The Balaban J connectivity index is 0.00000225. The van der Waals surface area contributed by atoms with E-state index in [1.54, 1.807) is 0 Å². The van der Waals surface area contributed by atoms with Crippen molar-refractivity contribution in [2.45, 2.75) is 39.0 Å². The Hall–Kier alpha value is 0.516. The summed E-state index contributed by atoms with van der Waals surface area (Å²) in [6.07, 6.45) is 6.89. The molecule has 84 valence electrons. The van der Waals surface area contributed by atoms with Gasteiger partial charge in [-0.05, 0) is 31.6 Å². The number of carbonyl (C=O) groups excluding carboxylic acids is 2. The molecule has 0 spiro atoms. The van der Waals surface area contributed by atoms with Crippen LogP contribution in [0.15, 0.2) is 12.2 Å². The molecule has 3 nitrogen and oxygen atoms in total. The van der Waals surface area contributed by atoms with Gasteiger partial charge in [-0.15, -0.1) is 0 Å². The fourth-order valence-corrected chi connectivity index (χ4v) is 2.17. The maximum Gasteiger partial charge on any atom is 1.00 e.